The Kier molecular flexibility index (Phi) is 20.7. The van der Waals surface area contributed by atoms with E-state index in [0.29, 0.717) is 25.8 Å². The first-order valence-electron chi connectivity index (χ1n) is 21.8. The average Bonchev–Trinajstić information content (AvgIpc) is 4.06. The molecule has 3 rings (SSSR count). The number of carbonyl (C=O) groups excluding carboxylic acids is 12. The Labute approximate surface area is 378 Å². The fourth-order valence-electron chi connectivity index (χ4n) is 7.86. The van der Waals surface area contributed by atoms with Crippen LogP contribution >= 0.6 is 0 Å². The second kappa shape index (κ2) is 25.3. The molecule has 0 aliphatic carbocycles. The Morgan fingerprint density at radius 3 is 1.58 bits per heavy atom. The number of nitrogens with two attached hydrogens (primary N) is 1. The molecule has 0 spiro atoms. The first-order chi connectivity index (χ1) is 31.0. The molecule has 0 radical (unpaired) electrons. The van der Waals surface area contributed by atoms with Gasteiger partial charge in [-0.3, -0.25) is 38.4 Å². The first kappa shape index (κ1) is 53.9. The number of aliphatic carboxylic acids is 4. The number of hydrogen-bond acceptors (Lipinski definition) is 17. The molecule has 0 saturated carbocycles. The molecular formula is C40H58N9O17-3. The Hall–Kier alpha value is -6.44. The van der Waals surface area contributed by atoms with Crippen molar-refractivity contribution in [3.8, 4) is 0 Å². The SMILES string of the molecule is C[C@H](NC(=O)[C@H](CCC(=O)[O-])NC(=O)[C@@H]1CCC[NH2+]1)C(=O)N[C@H](C(=O)N[C@@H](C)C(=O)N1CCC[C@H]1C(=O)N1CCC[C@H]1C(=O)N[C@@H](CCC(=O)[O-])C(=O)N[C@@H](CCC(=O)[O-])C(=O)[O-])[C@@H](C)O. The van der Waals surface area contributed by atoms with Crippen LogP contribution in [0.3, 0.4) is 0 Å². The molecule has 9 N–H and O–H groups in total. The summed E-state index contributed by atoms with van der Waals surface area (Å²) in [5, 5.41) is 70.9. The molecular weight excluding hydrogens is 878 g/mol. The highest BCUT2D eigenvalue weighted by atomic mass is 16.4. The number of likely N-dealkylation sites (tertiary alicyclic amines) is 2. The lowest BCUT2D eigenvalue weighted by Gasteiger charge is -2.33. The second-order valence-electron chi connectivity index (χ2n) is 16.6. The zero-order chi connectivity index (χ0) is 49.4. The minimum atomic E-state index is -1.85. The predicted octanol–water partition coefficient (Wildman–Crippen LogP) is -10.6. The van der Waals surface area contributed by atoms with Crippen LogP contribution in [0.2, 0.25) is 0 Å². The van der Waals surface area contributed by atoms with Crippen molar-refractivity contribution < 1.29 is 88.4 Å². The molecule has 0 aromatic heterocycles. The minimum absolute atomic E-state index is 0.0383. The Bertz CT molecular complexity index is 1860. The van der Waals surface area contributed by atoms with Crippen molar-refractivity contribution in [2.45, 2.75) is 158 Å². The van der Waals surface area contributed by atoms with E-state index in [-0.39, 0.29) is 32.4 Å². The molecule has 3 fully saturated rings. The van der Waals surface area contributed by atoms with Gasteiger partial charge in [-0.05, 0) is 85.0 Å². The number of carbonyl (C=O) groups is 12. The van der Waals surface area contributed by atoms with Crippen LogP contribution < -0.4 is 57.6 Å². The van der Waals surface area contributed by atoms with E-state index >= 15 is 0 Å². The normalized spacial score (nSPS) is 21.1. The summed E-state index contributed by atoms with van der Waals surface area (Å²) < 4.78 is 0. The molecule has 8 amide bonds. The van der Waals surface area contributed by atoms with Crippen molar-refractivity contribution in [3.05, 3.63) is 0 Å². The average molecular weight is 937 g/mol. The van der Waals surface area contributed by atoms with Crippen LogP contribution in [0, 0.1) is 0 Å². The molecule has 26 nitrogen and oxygen atoms in total. The van der Waals surface area contributed by atoms with Gasteiger partial charge in [-0.2, -0.15) is 0 Å². The van der Waals surface area contributed by atoms with Gasteiger partial charge in [0.1, 0.15) is 42.3 Å². The highest BCUT2D eigenvalue weighted by molar-refractivity contribution is 5.98. The van der Waals surface area contributed by atoms with Gasteiger partial charge in [-0.25, -0.2) is 0 Å². The highest BCUT2D eigenvalue weighted by Gasteiger charge is 2.44. The van der Waals surface area contributed by atoms with Gasteiger partial charge in [0, 0.05) is 43.8 Å². The molecule has 0 unspecified atom stereocenters. The number of quaternary nitrogens is 1. The van der Waals surface area contributed by atoms with E-state index in [4.69, 9.17) is 0 Å². The molecule has 0 aromatic carbocycles. The monoisotopic (exact) mass is 936 g/mol. The molecule has 3 heterocycles. The Morgan fingerprint density at radius 2 is 1.06 bits per heavy atom. The number of aliphatic hydroxyl groups excluding tert-OH is 1. The lowest BCUT2D eigenvalue weighted by atomic mass is 10.1. The molecule has 0 bridgehead atoms. The van der Waals surface area contributed by atoms with E-state index < -0.39 is 164 Å². The van der Waals surface area contributed by atoms with Crippen molar-refractivity contribution in [2.24, 2.45) is 0 Å². The van der Waals surface area contributed by atoms with Crippen LogP contribution in [-0.4, -0.2) is 166 Å². The van der Waals surface area contributed by atoms with Gasteiger partial charge >= 0.3 is 0 Å². The van der Waals surface area contributed by atoms with Crippen molar-refractivity contribution >= 4 is 71.1 Å². The zero-order valence-electron chi connectivity index (χ0n) is 36.8. The summed E-state index contributed by atoms with van der Waals surface area (Å²) in [6, 6.07) is -12.0. The molecule has 368 valence electrons. The van der Waals surface area contributed by atoms with Gasteiger partial charge < -0.3 is 91.7 Å². The maximum absolute atomic E-state index is 14.0. The zero-order valence-corrected chi connectivity index (χ0v) is 36.8. The van der Waals surface area contributed by atoms with Gasteiger partial charge in [-0.15, -0.1) is 0 Å². The molecule has 10 atom stereocenters. The van der Waals surface area contributed by atoms with Crippen molar-refractivity contribution in [1.29, 1.82) is 0 Å². The summed E-state index contributed by atoms with van der Waals surface area (Å²) in [4.78, 5) is 154. The summed E-state index contributed by atoms with van der Waals surface area (Å²) in [5.74, 6) is -13.4. The summed E-state index contributed by atoms with van der Waals surface area (Å²) in [5.41, 5.74) is 0. The fraction of sp³-hybridized carbons (Fsp3) is 0.700. The molecule has 26 heteroatoms. The quantitative estimate of drug-likeness (QED) is 0.0421. The van der Waals surface area contributed by atoms with Crippen LogP contribution in [0.1, 0.15) is 97.8 Å². The molecule has 66 heavy (non-hydrogen) atoms. The maximum atomic E-state index is 14.0. The van der Waals surface area contributed by atoms with Crippen LogP contribution in [0.5, 0.6) is 0 Å². The third-order valence-electron chi connectivity index (χ3n) is 11.5. The molecule has 3 saturated heterocycles. The lowest BCUT2D eigenvalue weighted by molar-refractivity contribution is -0.657. The molecule has 0 aromatic rings. The van der Waals surface area contributed by atoms with Crippen LogP contribution in [0.4, 0.5) is 0 Å². The standard InChI is InChI=1S/C40H61N9O17/c1-19(42-34(59)23(10-13-28(51)52)44-33(58)22-7-4-16-41-22)32(57)47-31(21(3)50)37(62)43-20(2)38(63)49-18-6-9-27(49)39(64)48-17-5-8-26(48)36(61)45-24(11-14-29(53)54)35(60)46-25(40(65)66)12-15-30(55)56/h19-27,31,41,50H,4-18H2,1-3H3,(H,42,59)(H,43,62)(H,44,58)(H,45,61)(H,46,60)(H,47,57)(H,51,52)(H,53,54)(H,55,56)(H,65,66)/p-3/t19-,20-,21+,22-,23-,24-,25-,26-,27-,31-/m0/s1. The number of carboxylic acid groups (broad SMARTS) is 4. The van der Waals surface area contributed by atoms with Gasteiger partial charge in [0.2, 0.25) is 41.4 Å². The number of amides is 8. The van der Waals surface area contributed by atoms with Gasteiger partial charge in [0.05, 0.1) is 24.7 Å². The van der Waals surface area contributed by atoms with Crippen LogP contribution in [0.25, 0.3) is 0 Å². The summed E-state index contributed by atoms with van der Waals surface area (Å²) in [6.45, 7) is 4.50. The van der Waals surface area contributed by atoms with Crippen molar-refractivity contribution in [2.75, 3.05) is 19.6 Å². The smallest absolute Gasteiger partial charge is 0.278 e. The van der Waals surface area contributed by atoms with E-state index in [0.717, 1.165) is 6.42 Å². The van der Waals surface area contributed by atoms with E-state index in [2.05, 4.69) is 26.6 Å². The van der Waals surface area contributed by atoms with Crippen LogP contribution in [0.15, 0.2) is 0 Å². The third-order valence-corrected chi connectivity index (χ3v) is 11.5. The number of carboxylic acids is 4. The topological polar surface area (TPSA) is 413 Å². The highest BCUT2D eigenvalue weighted by Crippen LogP contribution is 2.26. The maximum Gasteiger partial charge on any atom is 0.278 e. The van der Waals surface area contributed by atoms with Gasteiger partial charge in [0.25, 0.3) is 5.91 Å². The number of aliphatic hydroxyl groups is 1. The third kappa shape index (κ3) is 15.9. The number of rotatable bonds is 25. The minimum Gasteiger partial charge on any atom is -0.550 e. The Morgan fingerprint density at radius 1 is 0.561 bits per heavy atom. The fourth-order valence-corrected chi connectivity index (χ4v) is 7.86. The number of nitrogens with one attached hydrogen (secondary N) is 6. The molecule has 3 aliphatic rings. The predicted molar refractivity (Wildman–Crippen MR) is 212 cm³/mol. The van der Waals surface area contributed by atoms with E-state index in [1.54, 1.807) is 5.32 Å². The largest absolute Gasteiger partial charge is 0.550 e. The summed E-state index contributed by atoms with van der Waals surface area (Å²) >= 11 is 0. The lowest BCUT2D eigenvalue weighted by Crippen LogP contribution is -2.89. The van der Waals surface area contributed by atoms with Gasteiger partial charge in [-0.1, -0.05) is 0 Å². The first-order valence-corrected chi connectivity index (χ1v) is 21.8. The second-order valence-corrected chi connectivity index (χ2v) is 16.6. The van der Waals surface area contributed by atoms with Crippen LogP contribution in [-0.2, 0) is 57.5 Å². The van der Waals surface area contributed by atoms with Crippen molar-refractivity contribution in [1.82, 2.24) is 41.7 Å². The van der Waals surface area contributed by atoms with E-state index in [9.17, 15) is 83.1 Å². The summed E-state index contributed by atoms with van der Waals surface area (Å²) in [6.07, 6.45) is -3.02. The number of nitrogens with zero attached hydrogens (tertiary/aromatic N) is 2. The summed E-state index contributed by atoms with van der Waals surface area (Å²) in [7, 11) is 0. The van der Waals surface area contributed by atoms with E-state index in [1.165, 1.54) is 30.6 Å². The van der Waals surface area contributed by atoms with Crippen molar-refractivity contribution in [3.63, 3.8) is 0 Å². The Balaban J connectivity index is 1.65. The molecule has 3 aliphatic heterocycles. The van der Waals surface area contributed by atoms with Gasteiger partial charge in [0.15, 0.2) is 6.04 Å². The van der Waals surface area contributed by atoms with E-state index in [1.807, 2.05) is 5.32 Å². The number of hydrogen-bond donors (Lipinski definition) is 8.